The molecule has 0 saturated carbocycles. The molecule has 1 rings (SSSR count). The minimum absolute atomic E-state index is 0.0711. The number of anilines is 1. The minimum atomic E-state index is -2.75. The molecule has 4 nitrogen and oxygen atoms in total. The highest BCUT2D eigenvalue weighted by atomic mass is 19.3. The van der Waals surface area contributed by atoms with E-state index in [1.807, 2.05) is 0 Å². The van der Waals surface area contributed by atoms with E-state index in [0.29, 0.717) is 0 Å². The lowest BCUT2D eigenvalue weighted by molar-refractivity contribution is 0.142. The first-order valence-electron chi connectivity index (χ1n) is 3.82. The molecule has 0 amide bonds. The lowest BCUT2D eigenvalue weighted by atomic mass is 10.1. The van der Waals surface area contributed by atoms with Crippen molar-refractivity contribution in [1.29, 1.82) is 0 Å². The maximum atomic E-state index is 12.6. The lowest BCUT2D eigenvalue weighted by Crippen LogP contribution is -2.05. The number of halogens is 2. The molecule has 1 aromatic rings. The number of methoxy groups -OCH3 is 1. The second-order valence-corrected chi connectivity index (χ2v) is 2.56. The number of aliphatic hydroxyl groups excluding tert-OH is 1. The third-order valence-corrected chi connectivity index (χ3v) is 1.82. The maximum absolute atomic E-state index is 12.6. The molecule has 1 heterocycles. The number of nitrogen functional groups attached to an aromatic ring is 1. The topological polar surface area (TPSA) is 68.4 Å². The average molecular weight is 204 g/mol. The van der Waals surface area contributed by atoms with Crippen LogP contribution in [0.15, 0.2) is 6.20 Å². The number of nitrogens with two attached hydrogens (primary N) is 1. The minimum Gasteiger partial charge on any atom is -0.495 e. The summed E-state index contributed by atoms with van der Waals surface area (Å²) in [5.74, 6) is -0.179. The van der Waals surface area contributed by atoms with Crippen LogP contribution in [0.25, 0.3) is 0 Å². The quantitative estimate of drug-likeness (QED) is 0.773. The molecular weight excluding hydrogens is 194 g/mol. The molecule has 78 valence electrons. The summed E-state index contributed by atoms with van der Waals surface area (Å²) < 4.78 is 29.8. The summed E-state index contributed by atoms with van der Waals surface area (Å²) in [7, 11) is 1.25. The van der Waals surface area contributed by atoms with Crippen LogP contribution in [0.2, 0.25) is 0 Å². The highest BCUT2D eigenvalue weighted by Gasteiger charge is 2.21. The molecule has 0 saturated heterocycles. The largest absolute Gasteiger partial charge is 0.495 e. The highest BCUT2D eigenvalue weighted by Crippen LogP contribution is 2.33. The summed E-state index contributed by atoms with van der Waals surface area (Å²) in [6, 6.07) is 0. The molecule has 6 heteroatoms. The van der Waals surface area contributed by atoms with Gasteiger partial charge in [0.1, 0.15) is 11.6 Å². The van der Waals surface area contributed by atoms with Gasteiger partial charge in [-0.3, -0.25) is 0 Å². The Kier molecular flexibility index (Phi) is 3.19. The molecule has 0 aliphatic heterocycles. The molecule has 0 aliphatic rings. The molecule has 14 heavy (non-hydrogen) atoms. The zero-order chi connectivity index (χ0) is 10.7. The van der Waals surface area contributed by atoms with Gasteiger partial charge in [-0.05, 0) is 0 Å². The number of alkyl halides is 2. The van der Waals surface area contributed by atoms with Gasteiger partial charge in [0.05, 0.1) is 25.5 Å². The predicted molar refractivity (Wildman–Crippen MR) is 46.1 cm³/mol. The second kappa shape index (κ2) is 4.19. The number of hydrogen-bond donors (Lipinski definition) is 2. The van der Waals surface area contributed by atoms with Crippen LogP contribution in [-0.2, 0) is 6.61 Å². The van der Waals surface area contributed by atoms with Gasteiger partial charge in [-0.2, -0.15) is 0 Å². The fourth-order valence-corrected chi connectivity index (χ4v) is 1.13. The van der Waals surface area contributed by atoms with E-state index in [2.05, 4.69) is 4.98 Å². The third-order valence-electron chi connectivity index (χ3n) is 1.82. The van der Waals surface area contributed by atoms with Crippen LogP contribution in [0.1, 0.15) is 17.6 Å². The Labute approximate surface area is 79.3 Å². The van der Waals surface area contributed by atoms with Crippen molar-refractivity contribution in [3.05, 3.63) is 17.3 Å². The Hall–Kier alpha value is -1.43. The van der Waals surface area contributed by atoms with Crippen molar-refractivity contribution in [1.82, 2.24) is 4.98 Å². The summed E-state index contributed by atoms with van der Waals surface area (Å²) in [6.07, 6.45) is -1.65. The Bertz CT molecular complexity index is 331. The zero-order valence-corrected chi connectivity index (χ0v) is 7.50. The van der Waals surface area contributed by atoms with Gasteiger partial charge in [0.2, 0.25) is 0 Å². The molecule has 0 fully saturated rings. The third kappa shape index (κ3) is 1.74. The summed E-state index contributed by atoms with van der Waals surface area (Å²) in [6.45, 7) is -0.588. The Balaban J connectivity index is 3.36. The molecule has 0 bridgehead atoms. The number of hydrogen-bond acceptors (Lipinski definition) is 4. The lowest BCUT2D eigenvalue weighted by Gasteiger charge is -2.12. The van der Waals surface area contributed by atoms with Crippen LogP contribution in [0.5, 0.6) is 5.75 Å². The first-order valence-corrected chi connectivity index (χ1v) is 3.82. The molecule has 1 aromatic heterocycles. The smallest absolute Gasteiger partial charge is 0.267 e. The molecular formula is C8H10F2N2O2. The van der Waals surface area contributed by atoms with Gasteiger partial charge in [0.25, 0.3) is 6.43 Å². The van der Waals surface area contributed by atoms with Crippen molar-refractivity contribution in [3.63, 3.8) is 0 Å². The van der Waals surface area contributed by atoms with Crippen molar-refractivity contribution < 1.29 is 18.6 Å². The molecule has 0 radical (unpaired) electrons. The fraction of sp³-hybridized carbons (Fsp3) is 0.375. The van der Waals surface area contributed by atoms with Crippen molar-refractivity contribution in [2.45, 2.75) is 13.0 Å². The Morgan fingerprint density at radius 2 is 2.29 bits per heavy atom. The van der Waals surface area contributed by atoms with E-state index >= 15 is 0 Å². The number of ether oxygens (including phenoxy) is 1. The van der Waals surface area contributed by atoms with Crippen molar-refractivity contribution in [3.8, 4) is 5.75 Å². The van der Waals surface area contributed by atoms with Gasteiger partial charge < -0.3 is 15.6 Å². The first-order chi connectivity index (χ1) is 6.61. The van der Waals surface area contributed by atoms with Crippen LogP contribution < -0.4 is 10.5 Å². The van der Waals surface area contributed by atoms with Crippen molar-refractivity contribution in [2.24, 2.45) is 0 Å². The van der Waals surface area contributed by atoms with E-state index in [1.54, 1.807) is 0 Å². The van der Waals surface area contributed by atoms with Gasteiger partial charge in [-0.15, -0.1) is 0 Å². The summed E-state index contributed by atoms with van der Waals surface area (Å²) in [5.41, 5.74) is 4.85. The van der Waals surface area contributed by atoms with Crippen LogP contribution in [0.3, 0.4) is 0 Å². The van der Waals surface area contributed by atoms with Gasteiger partial charge in [-0.25, -0.2) is 13.8 Å². The van der Waals surface area contributed by atoms with E-state index in [-0.39, 0.29) is 17.1 Å². The van der Waals surface area contributed by atoms with E-state index in [4.69, 9.17) is 15.6 Å². The van der Waals surface area contributed by atoms with Crippen LogP contribution in [-0.4, -0.2) is 17.2 Å². The van der Waals surface area contributed by atoms with Crippen LogP contribution >= 0.6 is 0 Å². The van der Waals surface area contributed by atoms with Gasteiger partial charge in [-0.1, -0.05) is 0 Å². The number of nitrogens with zero attached hydrogens (tertiary/aromatic N) is 1. The number of aliphatic hydroxyl groups is 1. The molecule has 0 unspecified atom stereocenters. The normalized spacial score (nSPS) is 10.6. The summed E-state index contributed by atoms with van der Waals surface area (Å²) in [4.78, 5) is 3.62. The molecule has 0 spiro atoms. The van der Waals surface area contributed by atoms with E-state index in [0.717, 1.165) is 6.20 Å². The van der Waals surface area contributed by atoms with Gasteiger partial charge >= 0.3 is 0 Å². The number of aromatic nitrogens is 1. The Morgan fingerprint density at radius 3 is 2.71 bits per heavy atom. The van der Waals surface area contributed by atoms with Gasteiger partial charge in [0, 0.05) is 5.56 Å². The molecule has 0 atom stereocenters. The summed E-state index contributed by atoms with van der Waals surface area (Å²) in [5, 5.41) is 8.86. The molecule has 0 aliphatic carbocycles. The fourth-order valence-electron chi connectivity index (χ4n) is 1.13. The van der Waals surface area contributed by atoms with Gasteiger partial charge in [0.15, 0.2) is 0 Å². The zero-order valence-electron chi connectivity index (χ0n) is 7.50. The van der Waals surface area contributed by atoms with Crippen molar-refractivity contribution >= 4 is 5.82 Å². The Morgan fingerprint density at radius 1 is 1.64 bits per heavy atom. The second-order valence-electron chi connectivity index (χ2n) is 2.56. The van der Waals surface area contributed by atoms with E-state index in [1.165, 1.54) is 7.11 Å². The maximum Gasteiger partial charge on any atom is 0.267 e. The molecule has 0 aromatic carbocycles. The van der Waals surface area contributed by atoms with Crippen LogP contribution in [0.4, 0.5) is 14.6 Å². The summed E-state index contributed by atoms with van der Waals surface area (Å²) >= 11 is 0. The number of pyridine rings is 1. The highest BCUT2D eigenvalue weighted by molar-refractivity contribution is 5.50. The van der Waals surface area contributed by atoms with E-state index < -0.39 is 18.6 Å². The first kappa shape index (κ1) is 10.6. The standard InChI is InChI=1S/C8H10F2N2O2/c1-14-5-2-12-8(11)4(3-13)6(5)7(9)10/h2,7,13H,3H2,1H3,(H2,11,12). The van der Waals surface area contributed by atoms with Crippen molar-refractivity contribution in [2.75, 3.05) is 12.8 Å². The predicted octanol–water partition coefficient (Wildman–Crippen LogP) is 1.10. The molecule has 3 N–H and O–H groups in total. The monoisotopic (exact) mass is 204 g/mol. The SMILES string of the molecule is COc1cnc(N)c(CO)c1C(F)F. The average Bonchev–Trinajstić information content (AvgIpc) is 2.17. The van der Waals surface area contributed by atoms with Crippen LogP contribution in [0, 0.1) is 0 Å². The number of rotatable bonds is 3. The van der Waals surface area contributed by atoms with E-state index in [9.17, 15) is 8.78 Å².